The molecule has 3 rings (SSSR count). The predicted octanol–water partition coefficient (Wildman–Crippen LogP) is 5.56. The Labute approximate surface area is 155 Å². The van der Waals surface area contributed by atoms with Gasteiger partial charge in [0, 0.05) is 15.1 Å². The first-order valence-corrected chi connectivity index (χ1v) is 8.43. The van der Waals surface area contributed by atoms with E-state index in [1.54, 1.807) is 24.4 Å². The van der Waals surface area contributed by atoms with E-state index in [-0.39, 0.29) is 0 Å². The first-order valence-electron chi connectivity index (χ1n) is 6.47. The van der Waals surface area contributed by atoms with Crippen LogP contribution in [0.15, 0.2) is 52.0 Å². The third kappa shape index (κ3) is 3.72. The van der Waals surface area contributed by atoms with E-state index in [4.69, 9.17) is 35.4 Å². The third-order valence-electron chi connectivity index (χ3n) is 2.99. The Morgan fingerprint density at radius 1 is 1.22 bits per heavy atom. The highest BCUT2D eigenvalue weighted by Gasteiger charge is 2.12. The van der Waals surface area contributed by atoms with Crippen LogP contribution in [0.4, 0.5) is 0 Å². The number of rotatable bonds is 3. The quantitative estimate of drug-likeness (QED) is 0.439. The van der Waals surface area contributed by atoms with Gasteiger partial charge in [-0.15, -0.1) is 0 Å². The van der Waals surface area contributed by atoms with Crippen LogP contribution in [-0.4, -0.2) is 21.1 Å². The Bertz CT molecular complexity index is 949. The molecule has 116 valence electrons. The predicted molar refractivity (Wildman–Crippen MR) is 100 cm³/mol. The molecule has 0 radical (unpaired) electrons. The molecule has 0 fully saturated rings. The molecule has 8 heteroatoms. The fraction of sp³-hybridized carbons (Fsp3) is 0. The van der Waals surface area contributed by atoms with E-state index in [0.29, 0.717) is 26.2 Å². The molecule has 1 aromatic heterocycles. The van der Waals surface area contributed by atoms with Gasteiger partial charge in [-0.25, -0.2) is 5.10 Å². The fourth-order valence-corrected chi connectivity index (χ4v) is 3.04. The molecule has 4 nitrogen and oxygen atoms in total. The average Bonchev–Trinajstić information content (AvgIpc) is 2.86. The Morgan fingerprint density at radius 2 is 2.04 bits per heavy atom. The molecule has 0 aliphatic rings. The number of hydrogen-bond acceptors (Lipinski definition) is 3. The van der Waals surface area contributed by atoms with Crippen LogP contribution in [0, 0.1) is 4.77 Å². The molecule has 1 N–H and O–H groups in total. The largest absolute Gasteiger partial charge is 0.250 e. The van der Waals surface area contributed by atoms with Gasteiger partial charge in [0.25, 0.3) is 0 Å². The van der Waals surface area contributed by atoms with Gasteiger partial charge in [-0.3, -0.25) is 0 Å². The van der Waals surface area contributed by atoms with Crippen molar-refractivity contribution in [3.63, 3.8) is 0 Å². The van der Waals surface area contributed by atoms with E-state index in [9.17, 15) is 0 Å². The van der Waals surface area contributed by atoms with Crippen LogP contribution in [0.3, 0.4) is 0 Å². The highest BCUT2D eigenvalue weighted by atomic mass is 79.9. The van der Waals surface area contributed by atoms with Crippen LogP contribution in [-0.2, 0) is 0 Å². The van der Waals surface area contributed by atoms with Crippen molar-refractivity contribution in [3.05, 3.63) is 67.3 Å². The molecule has 0 saturated heterocycles. The smallest absolute Gasteiger partial charge is 0.216 e. The summed E-state index contributed by atoms with van der Waals surface area (Å²) in [5, 5.41) is 12.4. The van der Waals surface area contributed by atoms with Crippen LogP contribution in [0.1, 0.15) is 5.56 Å². The summed E-state index contributed by atoms with van der Waals surface area (Å²) in [4.78, 5) is 0. The van der Waals surface area contributed by atoms with Crippen LogP contribution in [0.25, 0.3) is 11.4 Å². The minimum Gasteiger partial charge on any atom is -0.250 e. The van der Waals surface area contributed by atoms with E-state index >= 15 is 0 Å². The molecule has 0 atom stereocenters. The second-order valence-electron chi connectivity index (χ2n) is 4.59. The summed E-state index contributed by atoms with van der Waals surface area (Å²) < 4.78 is 2.86. The van der Waals surface area contributed by atoms with E-state index < -0.39 is 0 Å². The molecule has 0 saturated carbocycles. The van der Waals surface area contributed by atoms with Gasteiger partial charge in [0.15, 0.2) is 5.82 Å². The normalized spacial score (nSPS) is 11.3. The highest BCUT2D eigenvalue weighted by Crippen LogP contribution is 2.29. The summed E-state index contributed by atoms with van der Waals surface area (Å²) in [5.74, 6) is 0.517. The molecule has 0 amide bonds. The van der Waals surface area contributed by atoms with Gasteiger partial charge >= 0.3 is 0 Å². The lowest BCUT2D eigenvalue weighted by Crippen LogP contribution is -1.95. The van der Waals surface area contributed by atoms with Gasteiger partial charge in [0.2, 0.25) is 4.77 Å². The first kappa shape index (κ1) is 16.4. The zero-order chi connectivity index (χ0) is 16.4. The van der Waals surface area contributed by atoms with Crippen molar-refractivity contribution >= 4 is 57.6 Å². The topological polar surface area (TPSA) is 46.0 Å². The summed E-state index contributed by atoms with van der Waals surface area (Å²) in [6, 6.07) is 12.9. The molecule has 0 spiro atoms. The van der Waals surface area contributed by atoms with Gasteiger partial charge < -0.3 is 0 Å². The number of nitrogens with zero attached hydrogens (tertiary/aromatic N) is 3. The minimum absolute atomic E-state index is 0.372. The minimum atomic E-state index is 0.372. The van der Waals surface area contributed by atoms with Crippen LogP contribution in [0.2, 0.25) is 10.0 Å². The van der Waals surface area contributed by atoms with Crippen molar-refractivity contribution in [2.45, 2.75) is 0 Å². The summed E-state index contributed by atoms with van der Waals surface area (Å²) in [7, 11) is 0. The monoisotopic (exact) mass is 426 g/mol. The van der Waals surface area contributed by atoms with Crippen molar-refractivity contribution in [1.29, 1.82) is 0 Å². The van der Waals surface area contributed by atoms with Gasteiger partial charge in [0.1, 0.15) is 0 Å². The standard InChI is InChI=1S/C15H9BrCl2N4S/c16-10-3-1-2-9(6-10)8-19-22-14(20-21-15(22)23)12-5-4-11(17)7-13(12)18/h1-8H,(H,21,23)/b19-8-. The third-order valence-corrected chi connectivity index (χ3v) is 4.30. The number of halogens is 3. The lowest BCUT2D eigenvalue weighted by Gasteiger charge is -2.04. The molecule has 2 aromatic carbocycles. The van der Waals surface area contributed by atoms with E-state index in [0.717, 1.165) is 10.0 Å². The number of aromatic amines is 1. The second kappa shape index (κ2) is 6.97. The number of aromatic nitrogens is 3. The summed E-state index contributed by atoms with van der Waals surface area (Å²) in [6.45, 7) is 0. The lowest BCUT2D eigenvalue weighted by molar-refractivity contribution is 0.871. The first-order chi connectivity index (χ1) is 11.0. The molecule has 0 unspecified atom stereocenters. The van der Waals surface area contributed by atoms with Gasteiger partial charge in [-0.05, 0) is 48.1 Å². The van der Waals surface area contributed by atoms with Crippen molar-refractivity contribution in [2.24, 2.45) is 5.10 Å². The second-order valence-corrected chi connectivity index (χ2v) is 6.73. The Balaban J connectivity index is 2.04. The van der Waals surface area contributed by atoms with Crippen molar-refractivity contribution in [2.75, 3.05) is 0 Å². The Kier molecular flexibility index (Phi) is 4.96. The maximum absolute atomic E-state index is 6.24. The van der Waals surface area contributed by atoms with Gasteiger partial charge in [-0.2, -0.15) is 14.9 Å². The van der Waals surface area contributed by atoms with E-state index in [1.807, 2.05) is 24.3 Å². The van der Waals surface area contributed by atoms with Crippen LogP contribution in [0.5, 0.6) is 0 Å². The van der Waals surface area contributed by atoms with Gasteiger partial charge in [-0.1, -0.05) is 51.3 Å². The molecule has 0 aliphatic heterocycles. The highest BCUT2D eigenvalue weighted by molar-refractivity contribution is 9.10. The zero-order valence-electron chi connectivity index (χ0n) is 11.5. The molecular formula is C15H9BrCl2N4S. The number of hydrogen-bond donors (Lipinski definition) is 1. The Hall–Kier alpha value is -1.47. The van der Waals surface area contributed by atoms with Gasteiger partial charge in [0.05, 0.1) is 11.2 Å². The number of nitrogens with one attached hydrogen (secondary N) is 1. The van der Waals surface area contributed by atoms with Crippen molar-refractivity contribution < 1.29 is 0 Å². The molecule has 0 aliphatic carbocycles. The van der Waals surface area contributed by atoms with Crippen molar-refractivity contribution in [1.82, 2.24) is 14.9 Å². The number of benzene rings is 2. The Morgan fingerprint density at radius 3 is 2.78 bits per heavy atom. The molecule has 1 heterocycles. The summed E-state index contributed by atoms with van der Waals surface area (Å²) in [6.07, 6.45) is 1.70. The zero-order valence-corrected chi connectivity index (χ0v) is 15.4. The summed E-state index contributed by atoms with van der Waals surface area (Å²) >= 11 is 20.8. The van der Waals surface area contributed by atoms with Crippen LogP contribution >= 0.6 is 51.3 Å². The molecule has 23 heavy (non-hydrogen) atoms. The van der Waals surface area contributed by atoms with Crippen molar-refractivity contribution in [3.8, 4) is 11.4 Å². The average molecular weight is 428 g/mol. The van der Waals surface area contributed by atoms with Crippen LogP contribution < -0.4 is 0 Å². The fourth-order valence-electron chi connectivity index (χ4n) is 1.96. The SMILES string of the molecule is S=c1[nH]nc(-c2ccc(Cl)cc2Cl)n1/N=C\c1cccc(Br)c1. The van der Waals surface area contributed by atoms with E-state index in [2.05, 4.69) is 31.2 Å². The maximum Gasteiger partial charge on any atom is 0.216 e. The maximum atomic E-state index is 6.24. The molecule has 0 bridgehead atoms. The molecule has 3 aromatic rings. The summed E-state index contributed by atoms with van der Waals surface area (Å²) in [5.41, 5.74) is 1.62. The molecular weight excluding hydrogens is 419 g/mol. The number of H-pyrrole nitrogens is 1. The lowest BCUT2D eigenvalue weighted by atomic mass is 10.2. The van der Waals surface area contributed by atoms with E-state index in [1.165, 1.54) is 4.68 Å².